The van der Waals surface area contributed by atoms with Crippen LogP contribution in [0.1, 0.15) is 33.6 Å². The van der Waals surface area contributed by atoms with Gasteiger partial charge in [0.2, 0.25) is 0 Å². The molecule has 0 N–H and O–H groups in total. The topological polar surface area (TPSA) is 0 Å². The van der Waals surface area contributed by atoms with Crippen molar-refractivity contribution in [3.8, 4) is 0 Å². The molecular weight excluding hydrogens is 176 g/mol. The highest BCUT2D eigenvalue weighted by Crippen LogP contribution is 2.44. The van der Waals surface area contributed by atoms with E-state index < -0.39 is 0 Å². The zero-order chi connectivity index (χ0) is 7.07. The molecule has 1 unspecified atom stereocenters. The van der Waals surface area contributed by atoms with E-state index in [1.165, 1.54) is 12.8 Å². The molecule has 0 bridgehead atoms. The number of halogens is 1. The van der Waals surface area contributed by atoms with Gasteiger partial charge in [-0.1, -0.05) is 36.7 Å². The molecule has 0 aromatic rings. The number of hydrogen-bond donors (Lipinski definition) is 0. The summed E-state index contributed by atoms with van der Waals surface area (Å²) in [4.78, 5) is 0.780. The van der Waals surface area contributed by atoms with E-state index >= 15 is 0 Å². The highest BCUT2D eigenvalue weighted by molar-refractivity contribution is 9.09. The maximum atomic E-state index is 3.65. The Kier molecular flexibility index (Phi) is 1.91. The Morgan fingerprint density at radius 3 is 2.11 bits per heavy atom. The van der Waals surface area contributed by atoms with Crippen LogP contribution in [0.5, 0.6) is 0 Å². The summed E-state index contributed by atoms with van der Waals surface area (Å²) in [5.41, 5.74) is 0.578. The lowest BCUT2D eigenvalue weighted by Gasteiger charge is -2.22. The Labute approximate surface area is 66.2 Å². The minimum atomic E-state index is 0.578. The van der Waals surface area contributed by atoms with Crippen LogP contribution in [0.2, 0.25) is 0 Å². The Bertz CT molecular complexity index is 107. The minimum absolute atomic E-state index is 0.578. The number of hydrogen-bond acceptors (Lipinski definition) is 0. The third kappa shape index (κ3) is 1.49. The maximum absolute atomic E-state index is 3.65. The molecule has 0 heterocycles. The standard InChI is InChI=1S/C8H15Br/c1-6-4-7(9)5-8(6,2)3/h6-7H,4-5H2,1-3H3/t6?,7-/m1/s1. The second-order valence-corrected chi connectivity index (χ2v) is 5.22. The zero-order valence-electron chi connectivity index (χ0n) is 6.45. The average Bonchev–Trinajstić information content (AvgIpc) is 1.79. The first kappa shape index (κ1) is 7.59. The largest absolute Gasteiger partial charge is 0.0890 e. The van der Waals surface area contributed by atoms with Gasteiger partial charge in [0.1, 0.15) is 0 Å². The molecular formula is C8H15Br. The van der Waals surface area contributed by atoms with Crippen LogP contribution in [-0.2, 0) is 0 Å². The summed E-state index contributed by atoms with van der Waals surface area (Å²) >= 11 is 3.65. The van der Waals surface area contributed by atoms with Crippen molar-refractivity contribution >= 4 is 15.9 Å². The second-order valence-electron chi connectivity index (χ2n) is 3.93. The van der Waals surface area contributed by atoms with Crippen LogP contribution in [-0.4, -0.2) is 4.83 Å². The summed E-state index contributed by atoms with van der Waals surface area (Å²) < 4.78 is 0. The smallest absolute Gasteiger partial charge is 0.0153 e. The fourth-order valence-corrected chi connectivity index (χ4v) is 2.95. The van der Waals surface area contributed by atoms with Gasteiger partial charge in [-0.25, -0.2) is 0 Å². The molecule has 0 spiro atoms. The van der Waals surface area contributed by atoms with E-state index in [4.69, 9.17) is 0 Å². The average molecular weight is 191 g/mol. The minimum Gasteiger partial charge on any atom is -0.0890 e. The molecule has 1 rings (SSSR count). The van der Waals surface area contributed by atoms with Crippen molar-refractivity contribution < 1.29 is 0 Å². The third-order valence-corrected chi connectivity index (χ3v) is 3.39. The lowest BCUT2D eigenvalue weighted by Crippen LogP contribution is -2.13. The van der Waals surface area contributed by atoms with Gasteiger partial charge in [-0.2, -0.15) is 0 Å². The Morgan fingerprint density at radius 2 is 2.00 bits per heavy atom. The molecule has 0 saturated heterocycles. The van der Waals surface area contributed by atoms with E-state index in [1.54, 1.807) is 0 Å². The maximum Gasteiger partial charge on any atom is 0.0153 e. The van der Waals surface area contributed by atoms with Crippen LogP contribution < -0.4 is 0 Å². The molecule has 0 radical (unpaired) electrons. The van der Waals surface area contributed by atoms with Crippen molar-refractivity contribution in [3.05, 3.63) is 0 Å². The lowest BCUT2D eigenvalue weighted by molar-refractivity contribution is 0.281. The first-order chi connectivity index (χ1) is 4.02. The summed E-state index contributed by atoms with van der Waals surface area (Å²) in [6.07, 6.45) is 2.70. The van der Waals surface area contributed by atoms with Gasteiger partial charge in [0.25, 0.3) is 0 Å². The van der Waals surface area contributed by atoms with Gasteiger partial charge in [-0.3, -0.25) is 0 Å². The molecule has 1 heteroatoms. The monoisotopic (exact) mass is 190 g/mol. The van der Waals surface area contributed by atoms with Crippen molar-refractivity contribution in [3.63, 3.8) is 0 Å². The highest BCUT2D eigenvalue weighted by Gasteiger charge is 2.35. The molecule has 2 atom stereocenters. The van der Waals surface area contributed by atoms with Crippen LogP contribution in [0.3, 0.4) is 0 Å². The molecule has 1 saturated carbocycles. The van der Waals surface area contributed by atoms with E-state index in [-0.39, 0.29) is 0 Å². The van der Waals surface area contributed by atoms with Crippen LogP contribution in [0.4, 0.5) is 0 Å². The molecule has 0 aromatic carbocycles. The van der Waals surface area contributed by atoms with Gasteiger partial charge in [0.15, 0.2) is 0 Å². The summed E-state index contributed by atoms with van der Waals surface area (Å²) in [5, 5.41) is 0. The van der Waals surface area contributed by atoms with Gasteiger partial charge >= 0.3 is 0 Å². The van der Waals surface area contributed by atoms with Gasteiger partial charge in [0.05, 0.1) is 0 Å². The Hall–Kier alpha value is 0.480. The molecule has 9 heavy (non-hydrogen) atoms. The van der Waals surface area contributed by atoms with Crippen molar-refractivity contribution in [2.75, 3.05) is 0 Å². The van der Waals surface area contributed by atoms with Crippen molar-refractivity contribution in [2.24, 2.45) is 11.3 Å². The summed E-state index contributed by atoms with van der Waals surface area (Å²) in [6, 6.07) is 0. The highest BCUT2D eigenvalue weighted by atomic mass is 79.9. The van der Waals surface area contributed by atoms with Crippen LogP contribution >= 0.6 is 15.9 Å². The fraction of sp³-hybridized carbons (Fsp3) is 1.00. The molecule has 0 aromatic heterocycles. The molecule has 1 fully saturated rings. The Balaban J connectivity index is 2.58. The van der Waals surface area contributed by atoms with E-state index in [0.717, 1.165) is 10.7 Å². The van der Waals surface area contributed by atoms with Crippen LogP contribution in [0, 0.1) is 11.3 Å². The van der Waals surface area contributed by atoms with E-state index in [1.807, 2.05) is 0 Å². The quantitative estimate of drug-likeness (QED) is 0.516. The second kappa shape index (κ2) is 2.26. The summed E-state index contributed by atoms with van der Waals surface area (Å²) in [5.74, 6) is 0.891. The first-order valence-corrected chi connectivity index (χ1v) is 4.58. The third-order valence-electron chi connectivity index (χ3n) is 2.69. The molecule has 1 aliphatic rings. The Morgan fingerprint density at radius 1 is 1.44 bits per heavy atom. The summed E-state index contributed by atoms with van der Waals surface area (Å²) in [7, 11) is 0. The molecule has 54 valence electrons. The fourth-order valence-electron chi connectivity index (χ4n) is 1.56. The van der Waals surface area contributed by atoms with Crippen LogP contribution in [0.15, 0.2) is 0 Å². The van der Waals surface area contributed by atoms with E-state index in [9.17, 15) is 0 Å². The van der Waals surface area contributed by atoms with Crippen molar-refractivity contribution in [1.82, 2.24) is 0 Å². The van der Waals surface area contributed by atoms with Crippen LogP contribution in [0.25, 0.3) is 0 Å². The SMILES string of the molecule is CC1C[C@@H](Br)CC1(C)C. The van der Waals surface area contributed by atoms with Gasteiger partial charge in [-0.15, -0.1) is 0 Å². The molecule has 0 nitrogen and oxygen atoms in total. The van der Waals surface area contributed by atoms with Gasteiger partial charge < -0.3 is 0 Å². The molecule has 1 aliphatic carbocycles. The van der Waals surface area contributed by atoms with Gasteiger partial charge in [0, 0.05) is 4.83 Å². The first-order valence-electron chi connectivity index (χ1n) is 3.66. The number of alkyl halides is 1. The molecule has 0 aliphatic heterocycles. The predicted octanol–water partition coefficient (Wildman–Crippen LogP) is 3.21. The van der Waals surface area contributed by atoms with Gasteiger partial charge in [-0.05, 0) is 24.2 Å². The number of rotatable bonds is 0. The van der Waals surface area contributed by atoms with Crippen molar-refractivity contribution in [1.29, 1.82) is 0 Å². The normalized spacial score (nSPS) is 41.3. The predicted molar refractivity (Wildman–Crippen MR) is 44.9 cm³/mol. The summed E-state index contributed by atoms with van der Waals surface area (Å²) in [6.45, 7) is 7.07. The zero-order valence-corrected chi connectivity index (χ0v) is 8.03. The van der Waals surface area contributed by atoms with E-state index in [0.29, 0.717) is 5.41 Å². The lowest BCUT2D eigenvalue weighted by atomic mass is 9.83. The van der Waals surface area contributed by atoms with E-state index in [2.05, 4.69) is 36.7 Å². The van der Waals surface area contributed by atoms with Crippen molar-refractivity contribution in [2.45, 2.75) is 38.4 Å². The molecule has 0 amide bonds.